The van der Waals surface area contributed by atoms with Gasteiger partial charge in [0.05, 0.1) is 11.8 Å². The maximum absolute atomic E-state index is 13.9. The number of carbonyl (C=O) groups excluding carboxylic acids is 1. The predicted molar refractivity (Wildman–Crippen MR) is 114 cm³/mol. The van der Waals surface area contributed by atoms with Crippen molar-refractivity contribution in [1.29, 1.82) is 0 Å². The van der Waals surface area contributed by atoms with Gasteiger partial charge in [-0.05, 0) is 42.0 Å². The van der Waals surface area contributed by atoms with E-state index in [-0.39, 0.29) is 11.4 Å². The molecule has 4 heterocycles. The highest BCUT2D eigenvalue weighted by Crippen LogP contribution is 2.23. The quantitative estimate of drug-likeness (QED) is 0.392. The average Bonchev–Trinajstić information content (AvgIpc) is 3.38. The third kappa shape index (κ3) is 3.68. The van der Waals surface area contributed by atoms with Crippen molar-refractivity contribution in [3.8, 4) is 0 Å². The lowest BCUT2D eigenvalue weighted by molar-refractivity contribution is 0.102. The summed E-state index contributed by atoms with van der Waals surface area (Å²) in [4.78, 5) is 28.5. The molecule has 0 atom stereocenters. The number of H-pyrrole nitrogens is 1. The number of nitrogens with one attached hydrogen (secondary N) is 3. The number of carbonyl (C=O) groups is 1. The lowest BCUT2D eigenvalue weighted by atomic mass is 10.1. The molecule has 0 unspecified atom stereocenters. The van der Waals surface area contributed by atoms with Crippen molar-refractivity contribution in [3.05, 3.63) is 77.8 Å². The number of amides is 1. The first kappa shape index (κ1) is 18.7. The number of fused-ring (bicyclic) bond motifs is 2. The molecule has 0 bridgehead atoms. The minimum Gasteiger partial charge on any atom is -0.441 e. The summed E-state index contributed by atoms with van der Waals surface area (Å²) in [7, 11) is 0. The minimum atomic E-state index is -0.602. The van der Waals surface area contributed by atoms with Gasteiger partial charge in [0.15, 0.2) is 11.5 Å². The van der Waals surface area contributed by atoms with E-state index in [1.54, 1.807) is 31.3 Å². The topological polar surface area (TPSA) is 109 Å². The molecule has 5 aromatic rings. The van der Waals surface area contributed by atoms with E-state index in [0.29, 0.717) is 29.2 Å². The van der Waals surface area contributed by atoms with Crippen molar-refractivity contribution >= 4 is 39.5 Å². The first-order valence-electron chi connectivity index (χ1n) is 9.56. The normalized spacial score (nSPS) is 11.2. The van der Waals surface area contributed by atoms with Crippen LogP contribution in [0.4, 0.5) is 15.9 Å². The summed E-state index contributed by atoms with van der Waals surface area (Å²) < 4.78 is 19.3. The maximum Gasteiger partial charge on any atom is 0.259 e. The predicted octanol–water partition coefficient (Wildman–Crippen LogP) is 4.41. The molecule has 0 saturated heterocycles. The highest BCUT2D eigenvalue weighted by molar-refractivity contribution is 6.08. The van der Waals surface area contributed by atoms with Crippen molar-refractivity contribution in [2.45, 2.75) is 13.5 Å². The van der Waals surface area contributed by atoms with Crippen LogP contribution >= 0.6 is 0 Å². The Balaban J connectivity index is 1.39. The fourth-order valence-corrected chi connectivity index (χ4v) is 3.42. The van der Waals surface area contributed by atoms with Crippen molar-refractivity contribution < 1.29 is 13.6 Å². The number of halogens is 1. The monoisotopic (exact) mass is 416 g/mol. The average molecular weight is 416 g/mol. The van der Waals surface area contributed by atoms with Gasteiger partial charge in [0.25, 0.3) is 5.91 Å². The molecular weight excluding hydrogens is 399 g/mol. The van der Waals surface area contributed by atoms with Gasteiger partial charge in [-0.2, -0.15) is 0 Å². The number of aromatic amines is 1. The molecule has 31 heavy (non-hydrogen) atoms. The first-order chi connectivity index (χ1) is 15.1. The van der Waals surface area contributed by atoms with Gasteiger partial charge < -0.3 is 20.0 Å². The molecule has 0 spiro atoms. The van der Waals surface area contributed by atoms with E-state index in [2.05, 4.69) is 30.6 Å². The molecule has 0 radical (unpaired) electrons. The van der Waals surface area contributed by atoms with Crippen LogP contribution in [-0.2, 0) is 6.54 Å². The second kappa shape index (κ2) is 7.52. The zero-order valence-electron chi connectivity index (χ0n) is 16.4. The zero-order valence-corrected chi connectivity index (χ0v) is 16.4. The summed E-state index contributed by atoms with van der Waals surface area (Å²) in [5.41, 5.74) is 3.59. The molecule has 3 N–H and O–H groups in total. The van der Waals surface area contributed by atoms with Crippen molar-refractivity contribution in [3.63, 3.8) is 0 Å². The number of nitrogens with zero attached hydrogens (tertiary/aromatic N) is 3. The molecular formula is C22H17FN6O2. The van der Waals surface area contributed by atoms with Crippen LogP contribution in [0.15, 0.2) is 59.4 Å². The molecule has 0 aliphatic heterocycles. The zero-order chi connectivity index (χ0) is 21.4. The smallest absolute Gasteiger partial charge is 0.259 e. The number of benzene rings is 1. The van der Waals surface area contributed by atoms with E-state index in [1.165, 1.54) is 0 Å². The first-order valence-corrected chi connectivity index (χ1v) is 9.56. The Labute approximate surface area is 175 Å². The van der Waals surface area contributed by atoms with Gasteiger partial charge in [0, 0.05) is 36.9 Å². The summed E-state index contributed by atoms with van der Waals surface area (Å²) in [6.07, 6.45) is 4.58. The van der Waals surface area contributed by atoms with Crippen molar-refractivity contribution in [2.75, 3.05) is 10.6 Å². The van der Waals surface area contributed by atoms with Gasteiger partial charge >= 0.3 is 0 Å². The molecule has 0 fully saturated rings. The highest BCUT2D eigenvalue weighted by Gasteiger charge is 2.16. The molecule has 5 rings (SSSR count). The van der Waals surface area contributed by atoms with Crippen LogP contribution in [0.5, 0.6) is 0 Å². The summed E-state index contributed by atoms with van der Waals surface area (Å²) >= 11 is 0. The van der Waals surface area contributed by atoms with Gasteiger partial charge in [0.1, 0.15) is 22.8 Å². The van der Waals surface area contributed by atoms with Crippen LogP contribution in [0.2, 0.25) is 0 Å². The molecule has 8 nitrogen and oxygen atoms in total. The van der Waals surface area contributed by atoms with E-state index in [1.807, 2.05) is 18.3 Å². The molecule has 154 valence electrons. The van der Waals surface area contributed by atoms with Crippen molar-refractivity contribution in [1.82, 2.24) is 19.9 Å². The number of pyridine rings is 2. The number of oxazole rings is 1. The lowest BCUT2D eigenvalue weighted by Crippen LogP contribution is -2.16. The Morgan fingerprint density at radius 1 is 1.19 bits per heavy atom. The van der Waals surface area contributed by atoms with Crippen LogP contribution in [0, 0.1) is 12.7 Å². The molecule has 0 saturated carbocycles. The van der Waals surface area contributed by atoms with Gasteiger partial charge in [-0.15, -0.1) is 0 Å². The second-order valence-electron chi connectivity index (χ2n) is 6.98. The summed E-state index contributed by atoms with van der Waals surface area (Å²) in [5, 5.41) is 6.86. The van der Waals surface area contributed by atoms with Gasteiger partial charge in [-0.3, -0.25) is 4.79 Å². The Bertz CT molecular complexity index is 1420. The molecule has 1 amide bonds. The van der Waals surface area contributed by atoms with E-state index in [4.69, 9.17) is 4.42 Å². The molecule has 9 heteroatoms. The number of aryl methyl sites for hydroxylation is 1. The van der Waals surface area contributed by atoms with Crippen molar-refractivity contribution in [2.24, 2.45) is 0 Å². The SMILES string of the molecule is Cc1nc2cc(NC(=O)c3cc(F)cnc3NCc3ccnc4[nH]ccc34)ccc2o1. The van der Waals surface area contributed by atoms with Crippen LogP contribution < -0.4 is 10.6 Å². The fourth-order valence-electron chi connectivity index (χ4n) is 3.42. The fraction of sp³-hybridized carbons (Fsp3) is 0.0909. The van der Waals surface area contributed by atoms with E-state index in [9.17, 15) is 9.18 Å². The summed E-state index contributed by atoms with van der Waals surface area (Å²) in [5.74, 6) is -0.282. The Kier molecular flexibility index (Phi) is 4.55. The van der Waals surface area contributed by atoms with Gasteiger partial charge in [-0.1, -0.05) is 0 Å². The summed E-state index contributed by atoms with van der Waals surface area (Å²) in [6.45, 7) is 2.14. The van der Waals surface area contributed by atoms with Crippen LogP contribution in [-0.4, -0.2) is 25.8 Å². The Morgan fingerprint density at radius 3 is 3.00 bits per heavy atom. The largest absolute Gasteiger partial charge is 0.441 e. The summed E-state index contributed by atoms with van der Waals surface area (Å²) in [6, 6.07) is 10.1. The van der Waals surface area contributed by atoms with Crippen LogP contribution in [0.25, 0.3) is 22.1 Å². The standard InChI is InChI=1S/C22H17FN6O2/c1-12-28-18-9-15(2-3-19(18)31-12)29-22(30)17-8-14(23)11-27-21(17)26-10-13-4-6-24-20-16(13)5-7-25-20/h2-9,11H,10H2,1H3,(H,24,25)(H,26,27)(H,29,30). The third-order valence-corrected chi connectivity index (χ3v) is 4.85. The third-order valence-electron chi connectivity index (χ3n) is 4.85. The van der Waals surface area contributed by atoms with E-state index >= 15 is 0 Å². The highest BCUT2D eigenvalue weighted by atomic mass is 19.1. The number of anilines is 2. The molecule has 4 aromatic heterocycles. The minimum absolute atomic E-state index is 0.0933. The van der Waals surface area contributed by atoms with Gasteiger partial charge in [-0.25, -0.2) is 19.3 Å². The van der Waals surface area contributed by atoms with Gasteiger partial charge in [0.2, 0.25) is 0 Å². The molecule has 0 aliphatic carbocycles. The number of rotatable bonds is 5. The lowest BCUT2D eigenvalue weighted by Gasteiger charge is -2.12. The molecule has 0 aliphatic rings. The number of hydrogen-bond donors (Lipinski definition) is 3. The molecule has 1 aromatic carbocycles. The Morgan fingerprint density at radius 2 is 2.10 bits per heavy atom. The maximum atomic E-state index is 13.9. The number of hydrogen-bond acceptors (Lipinski definition) is 6. The van der Waals surface area contributed by atoms with E-state index in [0.717, 1.165) is 28.9 Å². The van der Waals surface area contributed by atoms with Crippen LogP contribution in [0.3, 0.4) is 0 Å². The van der Waals surface area contributed by atoms with Crippen LogP contribution in [0.1, 0.15) is 21.8 Å². The van der Waals surface area contributed by atoms with E-state index < -0.39 is 11.7 Å². The second-order valence-corrected chi connectivity index (χ2v) is 6.98. The Hall–Kier alpha value is -4.27. The number of aromatic nitrogens is 4.